The molecule has 1 aromatic heterocycles. The number of carbonyl (C=O) groups excluding carboxylic acids is 1. The highest BCUT2D eigenvalue weighted by Gasteiger charge is 2.20. The van der Waals surface area contributed by atoms with E-state index in [-0.39, 0.29) is 5.91 Å². The molecule has 0 saturated carbocycles. The van der Waals surface area contributed by atoms with Crippen LogP contribution in [-0.2, 0) is 17.8 Å². The number of benzene rings is 2. The van der Waals surface area contributed by atoms with Gasteiger partial charge in [-0.2, -0.15) is 0 Å². The maximum Gasteiger partial charge on any atom is 0.246 e. The number of hydrogen-bond donors (Lipinski definition) is 0. The molecule has 1 aliphatic heterocycles. The lowest BCUT2D eigenvalue weighted by Gasteiger charge is -2.34. The van der Waals surface area contributed by atoms with Crippen molar-refractivity contribution in [2.75, 3.05) is 60.5 Å². The standard InChI is InChI=1S/C30H40N4O2/c1-24-27(28-8-5-6-9-29(28)34(24)18-7-17-31(2)3)14-15-30(35)33-22-20-32(21-23-33)19-16-25-10-12-26(36-4)13-11-25/h5-6,8-15H,7,16-23H2,1-4H3. The Labute approximate surface area is 215 Å². The van der Waals surface area contributed by atoms with Gasteiger partial charge in [0.2, 0.25) is 5.91 Å². The van der Waals surface area contributed by atoms with Crippen LogP contribution < -0.4 is 4.74 Å². The Balaban J connectivity index is 1.33. The smallest absolute Gasteiger partial charge is 0.246 e. The maximum atomic E-state index is 13.0. The van der Waals surface area contributed by atoms with E-state index in [1.807, 2.05) is 23.1 Å². The molecule has 4 rings (SSSR count). The number of para-hydroxylation sites is 1. The van der Waals surface area contributed by atoms with E-state index in [1.165, 1.54) is 22.2 Å². The van der Waals surface area contributed by atoms with Gasteiger partial charge in [-0.1, -0.05) is 30.3 Å². The Hall–Kier alpha value is -3.09. The molecule has 1 aliphatic rings. The van der Waals surface area contributed by atoms with Crippen molar-refractivity contribution in [3.05, 3.63) is 71.4 Å². The summed E-state index contributed by atoms with van der Waals surface area (Å²) >= 11 is 0. The van der Waals surface area contributed by atoms with Gasteiger partial charge in [-0.05, 0) is 70.2 Å². The Bertz CT molecular complexity index is 1170. The molecule has 0 aliphatic carbocycles. The molecule has 0 atom stereocenters. The fourth-order valence-electron chi connectivity index (χ4n) is 5.03. The van der Waals surface area contributed by atoms with Crippen LogP contribution in [0.25, 0.3) is 17.0 Å². The van der Waals surface area contributed by atoms with Crippen LogP contribution in [0.15, 0.2) is 54.6 Å². The average Bonchev–Trinajstić information content (AvgIpc) is 3.17. The van der Waals surface area contributed by atoms with Crippen LogP contribution in [-0.4, -0.2) is 85.6 Å². The van der Waals surface area contributed by atoms with Crippen molar-refractivity contribution in [2.24, 2.45) is 0 Å². The van der Waals surface area contributed by atoms with Gasteiger partial charge in [-0.25, -0.2) is 0 Å². The number of hydrogen-bond acceptors (Lipinski definition) is 4. The number of aromatic nitrogens is 1. The maximum absolute atomic E-state index is 13.0. The number of piperazine rings is 1. The first kappa shape index (κ1) is 26.0. The van der Waals surface area contributed by atoms with E-state index in [9.17, 15) is 4.79 Å². The van der Waals surface area contributed by atoms with Gasteiger partial charge in [0.15, 0.2) is 0 Å². The van der Waals surface area contributed by atoms with E-state index in [0.29, 0.717) is 0 Å². The van der Waals surface area contributed by atoms with Gasteiger partial charge >= 0.3 is 0 Å². The zero-order valence-corrected chi connectivity index (χ0v) is 22.2. The molecular weight excluding hydrogens is 448 g/mol. The molecule has 192 valence electrons. The molecule has 1 fully saturated rings. The third-order valence-electron chi connectivity index (χ3n) is 7.22. The first-order valence-corrected chi connectivity index (χ1v) is 13.0. The van der Waals surface area contributed by atoms with Crippen molar-refractivity contribution in [1.29, 1.82) is 0 Å². The Morgan fingerprint density at radius 3 is 2.42 bits per heavy atom. The molecular formula is C30H40N4O2. The lowest BCUT2D eigenvalue weighted by molar-refractivity contribution is -0.127. The highest BCUT2D eigenvalue weighted by Crippen LogP contribution is 2.27. The lowest BCUT2D eigenvalue weighted by atomic mass is 10.1. The lowest BCUT2D eigenvalue weighted by Crippen LogP contribution is -2.48. The van der Waals surface area contributed by atoms with Gasteiger partial charge in [-0.3, -0.25) is 9.69 Å². The molecule has 1 amide bonds. The topological polar surface area (TPSA) is 41.0 Å². The van der Waals surface area contributed by atoms with E-state index < -0.39 is 0 Å². The summed E-state index contributed by atoms with van der Waals surface area (Å²) in [7, 11) is 5.92. The third kappa shape index (κ3) is 6.37. The molecule has 0 unspecified atom stereocenters. The fraction of sp³-hybridized carbons (Fsp3) is 0.433. The van der Waals surface area contributed by atoms with Gasteiger partial charge in [0, 0.05) is 67.5 Å². The molecule has 0 radical (unpaired) electrons. The van der Waals surface area contributed by atoms with Crippen molar-refractivity contribution >= 4 is 22.9 Å². The number of amides is 1. The van der Waals surface area contributed by atoms with Crippen molar-refractivity contribution in [2.45, 2.75) is 26.3 Å². The number of rotatable bonds is 10. The monoisotopic (exact) mass is 488 g/mol. The molecule has 0 bridgehead atoms. The van der Waals surface area contributed by atoms with Crippen molar-refractivity contribution in [3.63, 3.8) is 0 Å². The first-order valence-electron chi connectivity index (χ1n) is 13.0. The average molecular weight is 489 g/mol. The van der Waals surface area contributed by atoms with Crippen molar-refractivity contribution in [1.82, 2.24) is 19.3 Å². The number of methoxy groups -OCH3 is 1. The molecule has 0 spiro atoms. The summed E-state index contributed by atoms with van der Waals surface area (Å²) in [6.45, 7) is 8.60. The van der Waals surface area contributed by atoms with Crippen LogP contribution in [0.3, 0.4) is 0 Å². The summed E-state index contributed by atoms with van der Waals surface area (Å²) in [4.78, 5) is 19.7. The van der Waals surface area contributed by atoms with Gasteiger partial charge in [-0.15, -0.1) is 0 Å². The van der Waals surface area contributed by atoms with Crippen molar-refractivity contribution < 1.29 is 9.53 Å². The van der Waals surface area contributed by atoms with E-state index in [2.05, 4.69) is 71.8 Å². The Kier molecular flexibility index (Phi) is 8.83. The minimum Gasteiger partial charge on any atom is -0.497 e. The first-order chi connectivity index (χ1) is 17.5. The largest absolute Gasteiger partial charge is 0.497 e. The Morgan fingerprint density at radius 1 is 1.00 bits per heavy atom. The second-order valence-corrected chi connectivity index (χ2v) is 9.92. The summed E-state index contributed by atoms with van der Waals surface area (Å²) in [6, 6.07) is 16.8. The van der Waals surface area contributed by atoms with E-state index >= 15 is 0 Å². The minimum atomic E-state index is 0.105. The van der Waals surface area contributed by atoms with Gasteiger partial charge in [0.25, 0.3) is 0 Å². The predicted octanol–water partition coefficient (Wildman–Crippen LogP) is 4.31. The number of fused-ring (bicyclic) bond motifs is 1. The second kappa shape index (κ2) is 12.2. The van der Waals surface area contributed by atoms with Crippen LogP contribution in [0.4, 0.5) is 0 Å². The Morgan fingerprint density at radius 2 is 1.72 bits per heavy atom. The van der Waals surface area contributed by atoms with Crippen LogP contribution in [0.5, 0.6) is 5.75 Å². The highest BCUT2D eigenvalue weighted by molar-refractivity contribution is 5.97. The van der Waals surface area contributed by atoms with Gasteiger partial charge in [0.1, 0.15) is 5.75 Å². The van der Waals surface area contributed by atoms with Gasteiger partial charge < -0.3 is 19.1 Å². The predicted molar refractivity (Wildman–Crippen MR) is 149 cm³/mol. The van der Waals surface area contributed by atoms with Crippen LogP contribution >= 0.6 is 0 Å². The zero-order valence-electron chi connectivity index (χ0n) is 22.2. The molecule has 0 N–H and O–H groups in total. The number of carbonyl (C=O) groups is 1. The molecule has 1 saturated heterocycles. The number of nitrogens with zero attached hydrogens (tertiary/aromatic N) is 4. The minimum absolute atomic E-state index is 0.105. The van der Waals surface area contributed by atoms with Crippen LogP contribution in [0.2, 0.25) is 0 Å². The quantitative estimate of drug-likeness (QED) is 0.399. The highest BCUT2D eigenvalue weighted by atomic mass is 16.5. The molecule has 36 heavy (non-hydrogen) atoms. The van der Waals surface area contributed by atoms with E-state index in [4.69, 9.17) is 4.74 Å². The summed E-state index contributed by atoms with van der Waals surface area (Å²) in [6.07, 6.45) is 5.90. The number of aryl methyl sites for hydroxylation is 1. The second-order valence-electron chi connectivity index (χ2n) is 9.92. The molecule has 2 heterocycles. The molecule has 6 nitrogen and oxygen atoms in total. The van der Waals surface area contributed by atoms with Crippen LogP contribution in [0, 0.1) is 6.92 Å². The van der Waals surface area contributed by atoms with E-state index in [0.717, 1.165) is 70.0 Å². The molecule has 3 aromatic rings. The normalized spacial score (nSPS) is 14.9. The third-order valence-corrected chi connectivity index (χ3v) is 7.22. The molecule has 2 aromatic carbocycles. The summed E-state index contributed by atoms with van der Waals surface area (Å²) < 4.78 is 7.64. The summed E-state index contributed by atoms with van der Waals surface area (Å²) in [5, 5.41) is 1.22. The van der Waals surface area contributed by atoms with Gasteiger partial charge in [0.05, 0.1) is 7.11 Å². The summed E-state index contributed by atoms with van der Waals surface area (Å²) in [5.41, 5.74) is 4.93. The summed E-state index contributed by atoms with van der Waals surface area (Å²) in [5.74, 6) is 0.997. The molecule has 6 heteroatoms. The van der Waals surface area contributed by atoms with Crippen molar-refractivity contribution in [3.8, 4) is 5.75 Å². The SMILES string of the molecule is COc1ccc(CCN2CCN(C(=O)C=Cc3c(C)n(CCCN(C)C)c4ccccc34)CC2)cc1. The van der Waals surface area contributed by atoms with Crippen LogP contribution in [0.1, 0.15) is 23.2 Å². The zero-order chi connectivity index (χ0) is 25.5. The fourth-order valence-corrected chi connectivity index (χ4v) is 5.03. The van der Waals surface area contributed by atoms with E-state index in [1.54, 1.807) is 13.2 Å². The number of ether oxygens (including phenoxy) is 1.